The van der Waals surface area contributed by atoms with Crippen molar-refractivity contribution in [2.75, 3.05) is 6.61 Å². The van der Waals surface area contributed by atoms with E-state index in [-0.39, 0.29) is 11.9 Å². The normalized spacial score (nSPS) is 62.5. The summed E-state index contributed by atoms with van der Waals surface area (Å²) in [6, 6.07) is 0. The van der Waals surface area contributed by atoms with Crippen molar-refractivity contribution in [3.63, 3.8) is 0 Å². The van der Waals surface area contributed by atoms with Gasteiger partial charge in [-0.3, -0.25) is 0 Å². The Morgan fingerprint density at radius 1 is 0.833 bits per heavy atom. The first-order valence-electron chi connectivity index (χ1n) is 13.3. The summed E-state index contributed by atoms with van der Waals surface area (Å²) in [7, 11) is 0. The molecule has 3 heteroatoms. The predicted octanol–water partition coefficient (Wildman–Crippen LogP) is 5.79. The Morgan fingerprint density at radius 3 is 2.40 bits per heavy atom. The molecule has 30 heavy (non-hydrogen) atoms. The standard InChI is InChI=1S/C27H44O3/c1-16-7-12-27(29-15-16)17(2)24-23(30-27)14-22-20-6-5-18-13-19(28)8-10-25(18,3)21(20)9-11-26(22,24)4/h16-24,28H,5-15H2,1-4H3/t16-,17+,18+,19-,20-,21-,22-,23+,24-,25+,26+,27-/m1/s1. The highest BCUT2D eigenvalue weighted by Crippen LogP contribution is 2.71. The van der Waals surface area contributed by atoms with Crippen molar-refractivity contribution < 1.29 is 14.6 Å². The molecule has 0 unspecified atom stereocenters. The summed E-state index contributed by atoms with van der Waals surface area (Å²) in [5.74, 6) is 4.93. The minimum absolute atomic E-state index is 0.0389. The van der Waals surface area contributed by atoms with Crippen LogP contribution in [0.25, 0.3) is 0 Å². The summed E-state index contributed by atoms with van der Waals surface area (Å²) < 4.78 is 13.4. The first-order valence-corrected chi connectivity index (χ1v) is 13.3. The Bertz CT molecular complexity index is 684. The van der Waals surface area contributed by atoms with Gasteiger partial charge in [0.05, 0.1) is 18.8 Å². The first kappa shape index (κ1) is 20.5. The Labute approximate surface area is 183 Å². The summed E-state index contributed by atoms with van der Waals surface area (Å²) in [4.78, 5) is 0. The SMILES string of the molecule is C[C@@H]1CC[C@@]2(OC1)O[C@H]1C[C@@H]3[C@@H]4CC[C@H]5C[C@H](O)CC[C@]5(C)[C@@H]4CC[C@]3(C)[C@@H]1[C@@H]2C. The van der Waals surface area contributed by atoms with Gasteiger partial charge in [0.1, 0.15) is 0 Å². The Balaban J connectivity index is 1.26. The second-order valence-electron chi connectivity index (χ2n) is 13.1. The highest BCUT2D eigenvalue weighted by molar-refractivity contribution is 5.15. The second kappa shape index (κ2) is 6.70. The quantitative estimate of drug-likeness (QED) is 0.543. The maximum absolute atomic E-state index is 10.3. The number of aliphatic hydroxyl groups excluding tert-OH is 1. The van der Waals surface area contributed by atoms with Gasteiger partial charge in [-0.15, -0.1) is 0 Å². The number of aliphatic hydroxyl groups is 1. The highest BCUT2D eigenvalue weighted by Gasteiger charge is 2.69. The molecule has 6 fully saturated rings. The van der Waals surface area contributed by atoms with Gasteiger partial charge in [-0.2, -0.15) is 0 Å². The fourth-order valence-corrected chi connectivity index (χ4v) is 10.3. The van der Waals surface area contributed by atoms with E-state index in [0.717, 1.165) is 49.5 Å². The van der Waals surface area contributed by atoms with E-state index in [9.17, 15) is 5.11 Å². The minimum atomic E-state index is -0.282. The van der Waals surface area contributed by atoms with E-state index in [1.165, 1.54) is 44.9 Å². The lowest BCUT2D eigenvalue weighted by atomic mass is 9.44. The molecule has 12 atom stereocenters. The van der Waals surface area contributed by atoms with E-state index < -0.39 is 0 Å². The van der Waals surface area contributed by atoms with Crippen molar-refractivity contribution in [2.45, 2.75) is 110 Å². The molecular formula is C27H44O3. The predicted molar refractivity (Wildman–Crippen MR) is 118 cm³/mol. The average molecular weight is 417 g/mol. The number of rotatable bonds is 0. The van der Waals surface area contributed by atoms with Crippen LogP contribution in [0.4, 0.5) is 0 Å². The first-order chi connectivity index (χ1) is 14.3. The van der Waals surface area contributed by atoms with Gasteiger partial charge in [0, 0.05) is 12.3 Å². The summed E-state index contributed by atoms with van der Waals surface area (Å²) in [6.07, 6.45) is 12.9. The molecule has 6 rings (SSSR count). The van der Waals surface area contributed by atoms with Crippen molar-refractivity contribution in [1.29, 1.82) is 0 Å². The van der Waals surface area contributed by atoms with E-state index in [1.54, 1.807) is 0 Å². The van der Waals surface area contributed by atoms with Crippen LogP contribution in [0.15, 0.2) is 0 Å². The highest BCUT2D eigenvalue weighted by atomic mass is 16.7. The van der Waals surface area contributed by atoms with Gasteiger partial charge in [-0.25, -0.2) is 0 Å². The zero-order valence-electron chi connectivity index (χ0n) is 19.7. The van der Waals surface area contributed by atoms with E-state index in [4.69, 9.17) is 9.47 Å². The lowest BCUT2D eigenvalue weighted by molar-refractivity contribution is -0.273. The van der Waals surface area contributed by atoms with Crippen LogP contribution in [0.5, 0.6) is 0 Å². The lowest BCUT2D eigenvalue weighted by Gasteiger charge is -2.61. The second-order valence-corrected chi connectivity index (χ2v) is 13.1. The molecule has 0 radical (unpaired) electrons. The van der Waals surface area contributed by atoms with Crippen molar-refractivity contribution in [2.24, 2.45) is 52.3 Å². The van der Waals surface area contributed by atoms with Crippen molar-refractivity contribution >= 4 is 0 Å². The molecule has 0 aromatic rings. The zero-order valence-corrected chi connectivity index (χ0v) is 19.7. The maximum Gasteiger partial charge on any atom is 0.171 e. The molecule has 1 N–H and O–H groups in total. The van der Waals surface area contributed by atoms with Crippen molar-refractivity contribution in [1.82, 2.24) is 0 Å². The lowest BCUT2D eigenvalue weighted by Crippen LogP contribution is -2.55. The monoisotopic (exact) mass is 416 g/mol. The van der Waals surface area contributed by atoms with Gasteiger partial charge < -0.3 is 14.6 Å². The molecule has 0 amide bonds. The van der Waals surface area contributed by atoms with Crippen LogP contribution < -0.4 is 0 Å². The molecule has 2 saturated heterocycles. The van der Waals surface area contributed by atoms with E-state index in [2.05, 4.69) is 27.7 Å². The van der Waals surface area contributed by atoms with Crippen LogP contribution in [-0.2, 0) is 9.47 Å². The molecule has 4 aliphatic carbocycles. The van der Waals surface area contributed by atoms with Gasteiger partial charge >= 0.3 is 0 Å². The topological polar surface area (TPSA) is 38.7 Å². The number of hydrogen-bond donors (Lipinski definition) is 1. The summed E-state index contributed by atoms with van der Waals surface area (Å²) in [5.41, 5.74) is 0.899. The van der Waals surface area contributed by atoms with Gasteiger partial charge in [-0.05, 0) is 104 Å². The molecule has 0 bridgehead atoms. The van der Waals surface area contributed by atoms with Gasteiger partial charge in [-0.1, -0.05) is 27.7 Å². The third-order valence-electron chi connectivity index (χ3n) is 11.9. The fraction of sp³-hybridized carbons (Fsp3) is 1.00. The third-order valence-corrected chi connectivity index (χ3v) is 11.9. The molecule has 6 aliphatic rings. The van der Waals surface area contributed by atoms with E-state index in [1.807, 2.05) is 0 Å². The molecule has 170 valence electrons. The number of fused-ring (bicyclic) bond motifs is 7. The molecule has 2 aliphatic heterocycles. The largest absolute Gasteiger partial charge is 0.393 e. The van der Waals surface area contributed by atoms with Crippen molar-refractivity contribution in [3.05, 3.63) is 0 Å². The van der Waals surface area contributed by atoms with Gasteiger partial charge in [0.25, 0.3) is 0 Å². The number of ether oxygens (including phenoxy) is 2. The molecule has 3 nitrogen and oxygen atoms in total. The van der Waals surface area contributed by atoms with E-state index >= 15 is 0 Å². The zero-order chi connectivity index (χ0) is 20.9. The third kappa shape index (κ3) is 2.61. The summed E-state index contributed by atoms with van der Waals surface area (Å²) in [5, 5.41) is 10.3. The van der Waals surface area contributed by atoms with Crippen LogP contribution in [0, 0.1) is 52.3 Å². The maximum atomic E-state index is 10.3. The fourth-order valence-electron chi connectivity index (χ4n) is 10.3. The van der Waals surface area contributed by atoms with Crippen LogP contribution >= 0.6 is 0 Å². The molecule has 2 heterocycles. The van der Waals surface area contributed by atoms with E-state index in [0.29, 0.717) is 34.7 Å². The molecule has 4 saturated carbocycles. The summed E-state index contributed by atoms with van der Waals surface area (Å²) >= 11 is 0. The van der Waals surface area contributed by atoms with Gasteiger partial charge in [0.15, 0.2) is 5.79 Å². The molecule has 0 aromatic carbocycles. The van der Waals surface area contributed by atoms with Crippen LogP contribution in [0.3, 0.4) is 0 Å². The Kier molecular flexibility index (Phi) is 4.58. The molecule has 1 spiro atoms. The smallest absolute Gasteiger partial charge is 0.171 e. The average Bonchev–Trinajstić information content (AvgIpc) is 3.16. The molecular weight excluding hydrogens is 372 g/mol. The van der Waals surface area contributed by atoms with Crippen molar-refractivity contribution in [3.8, 4) is 0 Å². The Morgan fingerprint density at radius 2 is 1.63 bits per heavy atom. The minimum Gasteiger partial charge on any atom is -0.393 e. The Hall–Kier alpha value is -0.120. The summed E-state index contributed by atoms with van der Waals surface area (Å²) in [6.45, 7) is 10.9. The van der Waals surface area contributed by atoms with Crippen LogP contribution in [-0.4, -0.2) is 29.7 Å². The van der Waals surface area contributed by atoms with Crippen LogP contribution in [0.1, 0.15) is 91.9 Å². The van der Waals surface area contributed by atoms with Crippen LogP contribution in [0.2, 0.25) is 0 Å². The van der Waals surface area contributed by atoms with Gasteiger partial charge in [0.2, 0.25) is 0 Å². The number of hydrogen-bond acceptors (Lipinski definition) is 3. The molecule has 0 aromatic heterocycles.